The summed E-state index contributed by atoms with van der Waals surface area (Å²) in [6.07, 6.45) is 5.26. The molecule has 0 bridgehead atoms. The maximum absolute atomic E-state index is 4.27. The molecule has 1 heterocycles. The van der Waals surface area contributed by atoms with Crippen LogP contribution in [0.4, 0.5) is 0 Å². The largest absolute Gasteiger partial charge is 0.356 e. The van der Waals surface area contributed by atoms with Gasteiger partial charge in [0.15, 0.2) is 11.8 Å². The molecule has 0 spiro atoms. The number of aromatic nitrogens is 3. The van der Waals surface area contributed by atoms with Crippen LogP contribution in [0.15, 0.2) is 4.99 Å². The summed E-state index contributed by atoms with van der Waals surface area (Å²) in [4.78, 5) is 4.27. The Kier molecular flexibility index (Phi) is 6.89. The fraction of sp³-hybridized carbons (Fsp3) is 0.786. The van der Waals surface area contributed by atoms with Gasteiger partial charge in [0.1, 0.15) is 5.82 Å². The van der Waals surface area contributed by atoms with Gasteiger partial charge in [-0.15, -0.1) is 34.2 Å². The highest BCUT2D eigenvalue weighted by Gasteiger charge is 2.34. The van der Waals surface area contributed by atoms with Crippen molar-refractivity contribution in [2.24, 2.45) is 17.5 Å². The summed E-state index contributed by atoms with van der Waals surface area (Å²) in [7, 11) is 3.78. The molecule has 0 aromatic carbocycles. The maximum Gasteiger partial charge on any atom is 0.191 e. The summed E-state index contributed by atoms with van der Waals surface area (Å²) in [5.41, 5.74) is 0.485. The molecular formula is C14H27IN6. The Labute approximate surface area is 144 Å². The molecule has 0 radical (unpaired) electrons. The predicted octanol–water partition coefficient (Wildman–Crippen LogP) is 1.99. The number of halogens is 1. The predicted molar refractivity (Wildman–Crippen MR) is 95.9 cm³/mol. The lowest BCUT2D eigenvalue weighted by molar-refractivity contribution is 0.131. The van der Waals surface area contributed by atoms with E-state index in [1.165, 1.54) is 25.7 Å². The van der Waals surface area contributed by atoms with Crippen molar-refractivity contribution in [1.82, 2.24) is 25.4 Å². The van der Waals surface area contributed by atoms with Gasteiger partial charge >= 0.3 is 0 Å². The van der Waals surface area contributed by atoms with E-state index in [2.05, 4.69) is 32.7 Å². The van der Waals surface area contributed by atoms with Gasteiger partial charge in [0, 0.05) is 20.6 Å². The van der Waals surface area contributed by atoms with Crippen LogP contribution in [0.25, 0.3) is 0 Å². The van der Waals surface area contributed by atoms with Crippen molar-refractivity contribution in [3.8, 4) is 0 Å². The van der Waals surface area contributed by atoms with Gasteiger partial charge in [0.25, 0.3) is 0 Å². The first-order valence-electron chi connectivity index (χ1n) is 7.39. The highest BCUT2D eigenvalue weighted by atomic mass is 127. The van der Waals surface area contributed by atoms with Crippen LogP contribution in [0.1, 0.15) is 44.3 Å². The Morgan fingerprint density at radius 3 is 2.48 bits per heavy atom. The van der Waals surface area contributed by atoms with E-state index in [1.807, 2.05) is 18.5 Å². The van der Waals surface area contributed by atoms with Crippen molar-refractivity contribution < 1.29 is 0 Å². The third-order valence-corrected chi connectivity index (χ3v) is 4.62. The Morgan fingerprint density at radius 1 is 1.33 bits per heavy atom. The summed E-state index contributed by atoms with van der Waals surface area (Å²) >= 11 is 0. The zero-order valence-electron chi connectivity index (χ0n) is 13.4. The molecule has 1 saturated carbocycles. The van der Waals surface area contributed by atoms with Gasteiger partial charge in [-0.2, -0.15) is 0 Å². The average Bonchev–Trinajstić information content (AvgIpc) is 2.73. The second-order valence-electron chi connectivity index (χ2n) is 5.71. The molecule has 0 atom stereocenters. The van der Waals surface area contributed by atoms with Crippen LogP contribution in [0, 0.1) is 12.3 Å². The molecule has 0 amide bonds. The topological polar surface area (TPSA) is 67.1 Å². The highest BCUT2D eigenvalue weighted by molar-refractivity contribution is 14.0. The monoisotopic (exact) mass is 406 g/mol. The number of nitrogens with one attached hydrogen (secondary N) is 2. The van der Waals surface area contributed by atoms with E-state index in [9.17, 15) is 0 Å². The van der Waals surface area contributed by atoms with E-state index in [0.717, 1.165) is 24.2 Å². The quantitative estimate of drug-likeness (QED) is 0.446. The molecule has 2 N–H and O–H groups in total. The molecule has 1 aromatic rings. The van der Waals surface area contributed by atoms with Gasteiger partial charge < -0.3 is 15.2 Å². The summed E-state index contributed by atoms with van der Waals surface area (Å²) in [6.45, 7) is 5.86. The molecule has 6 nitrogen and oxygen atoms in total. The second-order valence-corrected chi connectivity index (χ2v) is 5.71. The van der Waals surface area contributed by atoms with Crippen LogP contribution < -0.4 is 10.6 Å². The van der Waals surface area contributed by atoms with Crippen molar-refractivity contribution in [2.45, 2.75) is 46.1 Å². The highest BCUT2D eigenvalue weighted by Crippen LogP contribution is 2.42. The number of nitrogens with zero attached hydrogens (tertiary/aromatic N) is 4. The van der Waals surface area contributed by atoms with Gasteiger partial charge in [0.05, 0.1) is 6.54 Å². The van der Waals surface area contributed by atoms with E-state index < -0.39 is 0 Å². The maximum atomic E-state index is 4.27. The van der Waals surface area contributed by atoms with Crippen LogP contribution in [0.5, 0.6) is 0 Å². The lowest BCUT2D eigenvalue weighted by Crippen LogP contribution is -2.46. The Hall–Kier alpha value is -0.860. The van der Waals surface area contributed by atoms with E-state index in [-0.39, 0.29) is 24.0 Å². The summed E-state index contributed by atoms with van der Waals surface area (Å²) in [6, 6.07) is 0. The standard InChI is InChI=1S/C14H26N6.HI/c1-5-14(7-6-8-14)10-17-13(15-3)16-9-12-19-18-11(2)20(12)4;/h5-10H2,1-4H3,(H2,15,16,17);1H. The molecule has 0 saturated heterocycles. The Balaban J connectivity index is 0.00000220. The van der Waals surface area contributed by atoms with Crippen LogP contribution in [-0.2, 0) is 13.6 Å². The molecule has 0 aliphatic heterocycles. The van der Waals surface area contributed by atoms with Crippen molar-refractivity contribution in [3.05, 3.63) is 11.6 Å². The van der Waals surface area contributed by atoms with Crippen molar-refractivity contribution in [2.75, 3.05) is 13.6 Å². The van der Waals surface area contributed by atoms with Gasteiger partial charge in [0.2, 0.25) is 0 Å². The minimum absolute atomic E-state index is 0. The van der Waals surface area contributed by atoms with Gasteiger partial charge in [-0.05, 0) is 31.6 Å². The molecule has 7 heteroatoms. The fourth-order valence-corrected chi connectivity index (χ4v) is 2.59. The smallest absolute Gasteiger partial charge is 0.191 e. The van der Waals surface area contributed by atoms with E-state index in [0.29, 0.717) is 12.0 Å². The zero-order valence-corrected chi connectivity index (χ0v) is 15.8. The molecule has 1 aliphatic rings. The van der Waals surface area contributed by atoms with Crippen LogP contribution >= 0.6 is 24.0 Å². The van der Waals surface area contributed by atoms with Crippen LogP contribution in [0.3, 0.4) is 0 Å². The molecule has 120 valence electrons. The lowest BCUT2D eigenvalue weighted by Gasteiger charge is -2.41. The second kappa shape index (κ2) is 7.95. The van der Waals surface area contributed by atoms with Gasteiger partial charge in [-0.3, -0.25) is 4.99 Å². The normalized spacial score (nSPS) is 16.9. The summed E-state index contributed by atoms with van der Waals surface area (Å²) in [5.74, 6) is 2.67. The minimum atomic E-state index is 0. The van der Waals surface area contributed by atoms with E-state index >= 15 is 0 Å². The number of aryl methyl sites for hydroxylation is 1. The van der Waals surface area contributed by atoms with E-state index in [1.54, 1.807) is 7.05 Å². The molecule has 21 heavy (non-hydrogen) atoms. The van der Waals surface area contributed by atoms with Crippen molar-refractivity contribution in [1.29, 1.82) is 0 Å². The fourth-order valence-electron chi connectivity index (χ4n) is 2.59. The Bertz CT molecular complexity index is 472. The number of hydrogen-bond acceptors (Lipinski definition) is 3. The number of rotatable bonds is 5. The van der Waals surface area contributed by atoms with Crippen LogP contribution in [0.2, 0.25) is 0 Å². The summed E-state index contributed by atoms with van der Waals surface area (Å²) < 4.78 is 1.99. The minimum Gasteiger partial charge on any atom is -0.356 e. The first-order valence-corrected chi connectivity index (χ1v) is 7.39. The number of aliphatic imine (C=N–C) groups is 1. The first-order chi connectivity index (χ1) is 9.60. The van der Waals surface area contributed by atoms with Crippen molar-refractivity contribution >= 4 is 29.9 Å². The first kappa shape index (κ1) is 18.2. The zero-order chi connectivity index (χ0) is 14.6. The molecule has 1 aliphatic carbocycles. The van der Waals surface area contributed by atoms with Gasteiger partial charge in [-0.25, -0.2) is 0 Å². The third kappa shape index (κ3) is 4.31. The van der Waals surface area contributed by atoms with Gasteiger partial charge in [-0.1, -0.05) is 13.3 Å². The third-order valence-electron chi connectivity index (χ3n) is 4.62. The SMILES string of the molecule is CCC1(CNC(=NC)NCc2nnc(C)n2C)CCC1.I. The summed E-state index contributed by atoms with van der Waals surface area (Å²) in [5, 5.41) is 14.9. The van der Waals surface area contributed by atoms with Crippen molar-refractivity contribution in [3.63, 3.8) is 0 Å². The number of guanidine groups is 1. The number of hydrogen-bond donors (Lipinski definition) is 2. The molecule has 2 rings (SSSR count). The molecule has 1 fully saturated rings. The molecule has 1 aromatic heterocycles. The average molecular weight is 406 g/mol. The lowest BCUT2D eigenvalue weighted by atomic mass is 9.67. The Morgan fingerprint density at radius 2 is 2.05 bits per heavy atom. The van der Waals surface area contributed by atoms with E-state index in [4.69, 9.17) is 0 Å². The van der Waals surface area contributed by atoms with Crippen LogP contribution in [-0.4, -0.2) is 34.3 Å². The molecular weight excluding hydrogens is 379 g/mol. The molecule has 0 unspecified atom stereocenters.